The molecule has 0 unspecified atom stereocenters. The van der Waals surface area contributed by atoms with Crippen molar-refractivity contribution in [3.8, 4) is 0 Å². The van der Waals surface area contributed by atoms with E-state index in [-0.39, 0.29) is 0 Å². The monoisotopic (exact) mass is 273 g/mol. The average molecular weight is 274 g/mol. The molecule has 0 aromatic carbocycles. The highest BCUT2D eigenvalue weighted by Crippen LogP contribution is 2.32. The molecule has 1 N–H and O–H groups in total. The summed E-state index contributed by atoms with van der Waals surface area (Å²) in [6.07, 6.45) is 4.05. The molecule has 78 valence electrons. The van der Waals surface area contributed by atoms with E-state index in [1.807, 2.05) is 11.3 Å². The third kappa shape index (κ3) is 2.20. The van der Waals surface area contributed by atoms with E-state index in [0.29, 0.717) is 5.54 Å². The number of rotatable bonds is 3. The lowest BCUT2D eigenvalue weighted by molar-refractivity contribution is 0.207. The molecule has 2 rings (SSSR count). The van der Waals surface area contributed by atoms with Crippen molar-refractivity contribution >= 4 is 27.3 Å². The van der Waals surface area contributed by atoms with Crippen LogP contribution in [0.3, 0.4) is 0 Å². The minimum absolute atomic E-state index is 0.421. The Balaban J connectivity index is 1.91. The second kappa shape index (κ2) is 3.95. The van der Waals surface area contributed by atoms with Gasteiger partial charge in [0.2, 0.25) is 0 Å². The van der Waals surface area contributed by atoms with Crippen molar-refractivity contribution in [2.24, 2.45) is 0 Å². The fraction of sp³-hybridized carbons (Fsp3) is 0.636. The van der Waals surface area contributed by atoms with Crippen LogP contribution >= 0.6 is 27.3 Å². The molecule has 0 aliphatic heterocycles. The summed E-state index contributed by atoms with van der Waals surface area (Å²) in [6.45, 7) is 5.49. The van der Waals surface area contributed by atoms with E-state index in [4.69, 9.17) is 0 Å². The molecule has 0 amide bonds. The van der Waals surface area contributed by atoms with E-state index in [1.165, 1.54) is 33.5 Å². The second-order valence-electron chi connectivity index (χ2n) is 4.44. The first kappa shape index (κ1) is 10.7. The highest BCUT2D eigenvalue weighted by atomic mass is 79.9. The lowest BCUT2D eigenvalue weighted by atomic mass is 9.78. The van der Waals surface area contributed by atoms with Gasteiger partial charge in [-0.1, -0.05) is 0 Å². The topological polar surface area (TPSA) is 12.0 Å². The quantitative estimate of drug-likeness (QED) is 0.882. The van der Waals surface area contributed by atoms with Gasteiger partial charge in [0.25, 0.3) is 0 Å². The maximum Gasteiger partial charge on any atom is 0.0730 e. The van der Waals surface area contributed by atoms with Crippen molar-refractivity contribution in [1.82, 2.24) is 5.32 Å². The van der Waals surface area contributed by atoms with Crippen molar-refractivity contribution in [3.63, 3.8) is 0 Å². The van der Waals surface area contributed by atoms with Crippen LogP contribution in [0.4, 0.5) is 0 Å². The summed E-state index contributed by atoms with van der Waals surface area (Å²) in [4.78, 5) is 1.43. The van der Waals surface area contributed by atoms with Gasteiger partial charge < -0.3 is 5.32 Å². The summed E-state index contributed by atoms with van der Waals surface area (Å²) in [7, 11) is 0. The van der Waals surface area contributed by atoms with Crippen LogP contribution in [0.25, 0.3) is 0 Å². The van der Waals surface area contributed by atoms with Gasteiger partial charge in [0.05, 0.1) is 3.79 Å². The molecule has 3 heteroatoms. The number of halogens is 1. The lowest BCUT2D eigenvalue weighted by Crippen LogP contribution is -2.47. The molecule has 1 fully saturated rings. The predicted octanol–water partition coefficient (Wildman–Crippen LogP) is 3.85. The van der Waals surface area contributed by atoms with E-state index in [1.54, 1.807) is 0 Å². The number of thiophene rings is 1. The Hall–Kier alpha value is 0.140. The van der Waals surface area contributed by atoms with E-state index in [9.17, 15) is 0 Å². The Labute approximate surface area is 98.0 Å². The molecular formula is C11H16BrNS. The molecule has 1 nitrogen and oxygen atoms in total. The number of nitrogens with one attached hydrogen (secondary N) is 1. The third-order valence-corrected chi connectivity index (χ3v) is 5.19. The van der Waals surface area contributed by atoms with Crippen molar-refractivity contribution in [2.75, 3.05) is 0 Å². The Morgan fingerprint density at radius 2 is 2.29 bits per heavy atom. The van der Waals surface area contributed by atoms with Crippen molar-refractivity contribution in [3.05, 3.63) is 20.3 Å². The highest BCUT2D eigenvalue weighted by molar-refractivity contribution is 9.11. The van der Waals surface area contributed by atoms with Gasteiger partial charge in [0.1, 0.15) is 0 Å². The minimum atomic E-state index is 0.421. The van der Waals surface area contributed by atoms with E-state index in [0.717, 1.165) is 6.54 Å². The number of aryl methyl sites for hydroxylation is 1. The van der Waals surface area contributed by atoms with Gasteiger partial charge in [0, 0.05) is 17.0 Å². The van der Waals surface area contributed by atoms with Crippen molar-refractivity contribution in [2.45, 2.75) is 45.2 Å². The van der Waals surface area contributed by atoms with Gasteiger partial charge >= 0.3 is 0 Å². The Kier molecular flexibility index (Phi) is 3.01. The fourth-order valence-corrected chi connectivity index (χ4v) is 3.36. The molecule has 0 atom stereocenters. The zero-order valence-electron chi connectivity index (χ0n) is 8.69. The van der Waals surface area contributed by atoms with Crippen LogP contribution in [-0.4, -0.2) is 5.54 Å². The zero-order valence-corrected chi connectivity index (χ0v) is 11.1. The summed E-state index contributed by atoms with van der Waals surface area (Å²) in [5.41, 5.74) is 1.77. The van der Waals surface area contributed by atoms with Crippen LogP contribution in [0.2, 0.25) is 0 Å². The maximum atomic E-state index is 3.64. The van der Waals surface area contributed by atoms with Gasteiger partial charge in [-0.25, -0.2) is 0 Å². The molecule has 14 heavy (non-hydrogen) atoms. The van der Waals surface area contributed by atoms with Gasteiger partial charge in [0.15, 0.2) is 0 Å². The van der Waals surface area contributed by atoms with Crippen LogP contribution in [0, 0.1) is 6.92 Å². The molecule has 0 bridgehead atoms. The zero-order chi connectivity index (χ0) is 10.2. The SMILES string of the molecule is Cc1cc(CNC2(C)CCC2)sc1Br. The molecule has 1 heterocycles. The summed E-state index contributed by atoms with van der Waals surface area (Å²) in [6, 6.07) is 2.27. The largest absolute Gasteiger partial charge is 0.307 e. The van der Waals surface area contributed by atoms with Crippen LogP contribution in [-0.2, 0) is 6.54 Å². The minimum Gasteiger partial charge on any atom is -0.307 e. The van der Waals surface area contributed by atoms with Crippen molar-refractivity contribution < 1.29 is 0 Å². The average Bonchev–Trinajstić information content (AvgIpc) is 2.40. The molecule has 0 radical (unpaired) electrons. The maximum absolute atomic E-state index is 3.64. The Bertz CT molecular complexity index is 309. The molecule has 1 aliphatic carbocycles. The first-order valence-corrected chi connectivity index (χ1v) is 6.70. The molecule has 1 saturated carbocycles. The van der Waals surface area contributed by atoms with Crippen molar-refractivity contribution in [1.29, 1.82) is 0 Å². The predicted molar refractivity (Wildman–Crippen MR) is 65.9 cm³/mol. The lowest BCUT2D eigenvalue weighted by Gasteiger charge is -2.39. The Morgan fingerprint density at radius 3 is 2.71 bits per heavy atom. The normalized spacial score (nSPS) is 19.4. The molecular weight excluding hydrogens is 258 g/mol. The van der Waals surface area contributed by atoms with Crippen LogP contribution in [0.1, 0.15) is 36.6 Å². The standard InChI is InChI=1S/C11H16BrNS/c1-8-6-9(14-10(8)12)7-13-11(2)4-3-5-11/h6,13H,3-5,7H2,1-2H3. The molecule has 1 aromatic rings. The summed E-state index contributed by atoms with van der Waals surface area (Å²) in [5.74, 6) is 0. The van der Waals surface area contributed by atoms with Gasteiger partial charge in [-0.15, -0.1) is 11.3 Å². The smallest absolute Gasteiger partial charge is 0.0730 e. The van der Waals surface area contributed by atoms with E-state index >= 15 is 0 Å². The van der Waals surface area contributed by atoms with Crippen LogP contribution in [0.5, 0.6) is 0 Å². The summed E-state index contributed by atoms with van der Waals surface area (Å²) >= 11 is 5.40. The summed E-state index contributed by atoms with van der Waals surface area (Å²) in [5, 5.41) is 3.64. The molecule has 1 aromatic heterocycles. The van der Waals surface area contributed by atoms with Gasteiger partial charge in [-0.3, -0.25) is 0 Å². The van der Waals surface area contributed by atoms with E-state index in [2.05, 4.69) is 41.2 Å². The molecule has 1 aliphatic rings. The number of hydrogen-bond acceptors (Lipinski definition) is 2. The number of hydrogen-bond donors (Lipinski definition) is 1. The highest BCUT2D eigenvalue weighted by Gasteiger charge is 2.30. The molecule has 0 saturated heterocycles. The first-order valence-electron chi connectivity index (χ1n) is 5.09. The second-order valence-corrected chi connectivity index (χ2v) is 6.89. The third-order valence-electron chi connectivity index (χ3n) is 3.05. The van der Waals surface area contributed by atoms with Crippen LogP contribution in [0.15, 0.2) is 9.85 Å². The van der Waals surface area contributed by atoms with Gasteiger partial charge in [-0.05, 0) is 60.7 Å². The van der Waals surface area contributed by atoms with Crippen LogP contribution < -0.4 is 5.32 Å². The van der Waals surface area contributed by atoms with E-state index < -0.39 is 0 Å². The Morgan fingerprint density at radius 1 is 1.57 bits per heavy atom. The first-order chi connectivity index (χ1) is 6.59. The summed E-state index contributed by atoms with van der Waals surface area (Å²) < 4.78 is 1.27. The molecule has 0 spiro atoms. The van der Waals surface area contributed by atoms with Gasteiger partial charge in [-0.2, -0.15) is 0 Å². The fourth-order valence-electron chi connectivity index (χ4n) is 1.79.